The van der Waals surface area contributed by atoms with E-state index in [0.29, 0.717) is 11.1 Å². The van der Waals surface area contributed by atoms with E-state index in [4.69, 9.17) is 4.42 Å². The van der Waals surface area contributed by atoms with Gasteiger partial charge >= 0.3 is 0 Å². The summed E-state index contributed by atoms with van der Waals surface area (Å²) in [6, 6.07) is 1.77. The van der Waals surface area contributed by atoms with Crippen LogP contribution in [0, 0.1) is 0 Å². The van der Waals surface area contributed by atoms with Gasteiger partial charge < -0.3 is 4.42 Å². The Labute approximate surface area is 62.7 Å². The van der Waals surface area contributed by atoms with Crippen molar-refractivity contribution in [2.24, 2.45) is 0 Å². The highest BCUT2D eigenvalue weighted by Crippen LogP contribution is 2.16. The number of hydrogen-bond acceptors (Lipinski definition) is 3. The Morgan fingerprint density at radius 1 is 1.45 bits per heavy atom. The van der Waals surface area contributed by atoms with Gasteiger partial charge in [0, 0.05) is 17.8 Å². The third-order valence-electron chi connectivity index (χ3n) is 1.51. The van der Waals surface area contributed by atoms with Crippen LogP contribution in [-0.4, -0.2) is 11.3 Å². The number of hydrogen-bond donors (Lipinski definition) is 0. The molecule has 0 aliphatic carbocycles. The van der Waals surface area contributed by atoms with Gasteiger partial charge in [-0.1, -0.05) is 0 Å². The fourth-order valence-corrected chi connectivity index (χ4v) is 0.996. The topological polar surface area (TPSA) is 43.1 Å². The fraction of sp³-hybridized carbons (Fsp3) is 0. The predicted molar refractivity (Wildman–Crippen MR) is 39.4 cm³/mol. The summed E-state index contributed by atoms with van der Waals surface area (Å²) in [6.45, 7) is 0. The number of rotatable bonds is 1. The van der Waals surface area contributed by atoms with Crippen LogP contribution in [0.3, 0.4) is 0 Å². The molecule has 0 N–H and O–H groups in total. The molecule has 0 aliphatic rings. The molecule has 2 aromatic heterocycles. The van der Waals surface area contributed by atoms with Gasteiger partial charge in [-0.05, 0) is 6.07 Å². The van der Waals surface area contributed by atoms with Gasteiger partial charge in [0.05, 0.1) is 11.8 Å². The first kappa shape index (κ1) is 6.09. The SMILES string of the molecule is O=Cc1cncc2ccoc12. The van der Waals surface area contributed by atoms with Crippen LogP contribution in [0.4, 0.5) is 0 Å². The van der Waals surface area contributed by atoms with Crippen molar-refractivity contribution in [2.45, 2.75) is 0 Å². The van der Waals surface area contributed by atoms with Gasteiger partial charge in [-0.25, -0.2) is 0 Å². The minimum Gasteiger partial charge on any atom is -0.463 e. The molecule has 0 atom stereocenters. The molecule has 0 saturated heterocycles. The predicted octanol–water partition coefficient (Wildman–Crippen LogP) is 1.64. The smallest absolute Gasteiger partial charge is 0.155 e. The van der Waals surface area contributed by atoms with Crippen LogP contribution < -0.4 is 0 Å². The number of aromatic nitrogens is 1. The summed E-state index contributed by atoms with van der Waals surface area (Å²) < 4.78 is 5.07. The maximum atomic E-state index is 10.4. The van der Waals surface area contributed by atoms with E-state index in [0.717, 1.165) is 11.7 Å². The number of pyridine rings is 1. The lowest BCUT2D eigenvalue weighted by molar-refractivity contribution is 0.112. The molecular weight excluding hydrogens is 142 g/mol. The zero-order valence-corrected chi connectivity index (χ0v) is 5.65. The summed E-state index contributed by atoms with van der Waals surface area (Å²) in [5, 5.41) is 0.856. The molecule has 0 aromatic carbocycles. The molecule has 0 bridgehead atoms. The van der Waals surface area contributed by atoms with Gasteiger partial charge in [-0.3, -0.25) is 9.78 Å². The Morgan fingerprint density at radius 3 is 3.18 bits per heavy atom. The van der Waals surface area contributed by atoms with Gasteiger partial charge in [0.2, 0.25) is 0 Å². The Balaban J connectivity index is 2.88. The average Bonchev–Trinajstić information content (AvgIpc) is 2.50. The second-order valence-electron chi connectivity index (χ2n) is 2.19. The van der Waals surface area contributed by atoms with Crippen LogP contribution in [0.1, 0.15) is 10.4 Å². The molecule has 54 valence electrons. The number of furan rings is 1. The van der Waals surface area contributed by atoms with Crippen molar-refractivity contribution in [1.29, 1.82) is 0 Å². The van der Waals surface area contributed by atoms with Crippen LogP contribution >= 0.6 is 0 Å². The number of fused-ring (bicyclic) bond motifs is 1. The molecule has 0 unspecified atom stereocenters. The Morgan fingerprint density at radius 2 is 2.36 bits per heavy atom. The second-order valence-corrected chi connectivity index (χ2v) is 2.19. The molecule has 3 nitrogen and oxygen atoms in total. The maximum Gasteiger partial charge on any atom is 0.155 e. The van der Waals surface area contributed by atoms with Crippen LogP contribution in [0.15, 0.2) is 29.1 Å². The summed E-state index contributed by atoms with van der Waals surface area (Å²) >= 11 is 0. The van der Waals surface area contributed by atoms with E-state index in [1.165, 1.54) is 6.20 Å². The summed E-state index contributed by atoms with van der Waals surface area (Å²) in [7, 11) is 0. The molecule has 11 heavy (non-hydrogen) atoms. The fourth-order valence-electron chi connectivity index (χ4n) is 0.996. The van der Waals surface area contributed by atoms with Crippen molar-refractivity contribution in [1.82, 2.24) is 4.98 Å². The largest absolute Gasteiger partial charge is 0.463 e. The number of aldehydes is 1. The monoisotopic (exact) mass is 147 g/mol. The van der Waals surface area contributed by atoms with Crippen LogP contribution in [0.2, 0.25) is 0 Å². The first-order valence-electron chi connectivity index (χ1n) is 3.18. The van der Waals surface area contributed by atoms with E-state index in [1.54, 1.807) is 18.5 Å². The van der Waals surface area contributed by atoms with E-state index in [1.807, 2.05) is 0 Å². The summed E-state index contributed by atoms with van der Waals surface area (Å²) in [6.07, 6.45) is 5.42. The molecule has 2 aromatic rings. The lowest BCUT2D eigenvalue weighted by Gasteiger charge is -1.89. The highest BCUT2D eigenvalue weighted by Gasteiger charge is 2.01. The van der Waals surface area contributed by atoms with Crippen molar-refractivity contribution in [3.63, 3.8) is 0 Å². The summed E-state index contributed by atoms with van der Waals surface area (Å²) in [5.74, 6) is 0. The molecular formula is C8H5NO2. The number of carbonyl (C=O) groups is 1. The molecule has 3 heteroatoms. The van der Waals surface area contributed by atoms with Crippen molar-refractivity contribution in [2.75, 3.05) is 0 Å². The number of nitrogens with zero attached hydrogens (tertiary/aromatic N) is 1. The quantitative estimate of drug-likeness (QED) is 0.576. The van der Waals surface area contributed by atoms with Crippen molar-refractivity contribution < 1.29 is 9.21 Å². The molecule has 0 fully saturated rings. The lowest BCUT2D eigenvalue weighted by atomic mass is 10.2. The Hall–Kier alpha value is -1.64. The molecule has 0 spiro atoms. The van der Waals surface area contributed by atoms with Gasteiger partial charge in [0.25, 0.3) is 0 Å². The van der Waals surface area contributed by atoms with Crippen molar-refractivity contribution in [3.8, 4) is 0 Å². The summed E-state index contributed by atoms with van der Waals surface area (Å²) in [5.41, 5.74) is 1.10. The highest BCUT2D eigenvalue weighted by molar-refractivity contribution is 5.93. The van der Waals surface area contributed by atoms with E-state index in [2.05, 4.69) is 4.98 Å². The minimum absolute atomic E-state index is 0.493. The van der Waals surface area contributed by atoms with Gasteiger partial charge in [0.15, 0.2) is 6.29 Å². The van der Waals surface area contributed by atoms with Crippen LogP contribution in [-0.2, 0) is 0 Å². The molecule has 0 aliphatic heterocycles. The Kier molecular flexibility index (Phi) is 1.22. The normalized spacial score (nSPS) is 10.2. The number of carbonyl (C=O) groups excluding carboxylic acids is 1. The third-order valence-corrected chi connectivity index (χ3v) is 1.51. The average molecular weight is 147 g/mol. The molecule has 0 amide bonds. The molecule has 0 radical (unpaired) electrons. The van der Waals surface area contributed by atoms with Gasteiger partial charge in [-0.2, -0.15) is 0 Å². The van der Waals surface area contributed by atoms with E-state index >= 15 is 0 Å². The van der Waals surface area contributed by atoms with Gasteiger partial charge in [-0.15, -0.1) is 0 Å². The first-order chi connectivity index (χ1) is 5.42. The second kappa shape index (κ2) is 2.20. The molecule has 2 rings (SSSR count). The summed E-state index contributed by atoms with van der Waals surface area (Å²) in [4.78, 5) is 14.3. The van der Waals surface area contributed by atoms with Gasteiger partial charge in [0.1, 0.15) is 5.58 Å². The van der Waals surface area contributed by atoms with E-state index < -0.39 is 0 Å². The van der Waals surface area contributed by atoms with E-state index in [-0.39, 0.29) is 0 Å². The highest BCUT2D eigenvalue weighted by atomic mass is 16.3. The zero-order chi connectivity index (χ0) is 7.68. The first-order valence-corrected chi connectivity index (χ1v) is 3.18. The van der Waals surface area contributed by atoms with Crippen molar-refractivity contribution in [3.05, 3.63) is 30.3 Å². The van der Waals surface area contributed by atoms with E-state index in [9.17, 15) is 4.79 Å². The minimum atomic E-state index is 0.493. The van der Waals surface area contributed by atoms with Crippen LogP contribution in [0.5, 0.6) is 0 Å². The third kappa shape index (κ3) is 0.816. The molecule has 0 saturated carbocycles. The Bertz CT molecular complexity index is 392. The van der Waals surface area contributed by atoms with Crippen molar-refractivity contribution >= 4 is 17.3 Å². The maximum absolute atomic E-state index is 10.4. The zero-order valence-electron chi connectivity index (χ0n) is 5.65. The molecule has 2 heterocycles. The van der Waals surface area contributed by atoms with Crippen LogP contribution in [0.25, 0.3) is 11.0 Å². The standard InChI is InChI=1S/C8H5NO2/c10-5-7-4-9-3-6-1-2-11-8(6)7/h1-5H. The lowest BCUT2D eigenvalue weighted by Crippen LogP contribution is -1.81.